The molecule has 3 rings (SSSR count). The molecule has 1 fully saturated rings. The number of hydrogen-bond donors (Lipinski definition) is 1. The first-order chi connectivity index (χ1) is 13.5. The minimum Gasteiger partial charge on any atom is -0.497 e. The first-order valence-corrected chi connectivity index (χ1v) is 9.64. The van der Waals surface area contributed by atoms with Crippen molar-refractivity contribution in [1.29, 1.82) is 0 Å². The number of thioether (sulfide) groups is 1. The largest absolute Gasteiger partial charge is 0.497 e. The quantitative estimate of drug-likeness (QED) is 0.577. The van der Waals surface area contributed by atoms with Gasteiger partial charge >= 0.3 is 0 Å². The summed E-state index contributed by atoms with van der Waals surface area (Å²) in [6.07, 6.45) is 1.75. The van der Waals surface area contributed by atoms with Crippen LogP contribution in [0.3, 0.4) is 0 Å². The van der Waals surface area contributed by atoms with Crippen molar-refractivity contribution in [3.8, 4) is 5.75 Å². The molecule has 0 radical (unpaired) electrons. The van der Waals surface area contributed by atoms with E-state index in [4.69, 9.17) is 17.0 Å². The highest BCUT2D eigenvalue weighted by atomic mass is 32.2. The van der Waals surface area contributed by atoms with Crippen LogP contribution < -0.4 is 10.1 Å². The maximum absolute atomic E-state index is 13.6. The molecular weight excluding hydrogens is 399 g/mol. The van der Waals surface area contributed by atoms with Crippen LogP contribution in [0.4, 0.5) is 4.39 Å². The Bertz CT molecular complexity index is 962. The molecule has 5 nitrogen and oxygen atoms in total. The van der Waals surface area contributed by atoms with E-state index in [9.17, 15) is 14.0 Å². The van der Waals surface area contributed by atoms with E-state index < -0.39 is 11.7 Å². The number of halogens is 1. The van der Waals surface area contributed by atoms with Crippen LogP contribution >= 0.6 is 24.0 Å². The molecule has 1 heterocycles. The van der Waals surface area contributed by atoms with Crippen molar-refractivity contribution >= 4 is 46.2 Å². The third-order valence-corrected chi connectivity index (χ3v) is 5.38. The smallest absolute Gasteiger partial charge is 0.266 e. The van der Waals surface area contributed by atoms with Gasteiger partial charge in [0.1, 0.15) is 15.9 Å². The highest BCUT2D eigenvalue weighted by molar-refractivity contribution is 8.26. The van der Waals surface area contributed by atoms with Crippen LogP contribution in [-0.4, -0.2) is 41.2 Å². The summed E-state index contributed by atoms with van der Waals surface area (Å²) in [5.41, 5.74) is 0.790. The Balaban J connectivity index is 1.61. The summed E-state index contributed by atoms with van der Waals surface area (Å²) in [4.78, 5) is 26.6. The van der Waals surface area contributed by atoms with E-state index in [1.807, 2.05) is 24.3 Å². The second-order valence-electron chi connectivity index (χ2n) is 5.85. The summed E-state index contributed by atoms with van der Waals surface area (Å²) in [5, 5.41) is 2.61. The maximum atomic E-state index is 13.6. The molecular formula is C20H17FN2O3S2. The number of nitrogens with zero attached hydrogens (tertiary/aromatic N) is 1. The van der Waals surface area contributed by atoms with Crippen LogP contribution in [0, 0.1) is 5.82 Å². The Morgan fingerprint density at radius 3 is 2.82 bits per heavy atom. The number of amides is 2. The average molecular weight is 416 g/mol. The Kier molecular flexibility index (Phi) is 6.43. The van der Waals surface area contributed by atoms with Gasteiger partial charge in [-0.25, -0.2) is 4.39 Å². The van der Waals surface area contributed by atoms with Crippen LogP contribution in [0.5, 0.6) is 5.75 Å². The summed E-state index contributed by atoms with van der Waals surface area (Å²) < 4.78 is 19.2. The Hall–Kier alpha value is -2.71. The van der Waals surface area contributed by atoms with Gasteiger partial charge in [0.05, 0.1) is 17.6 Å². The molecule has 1 aliphatic heterocycles. The summed E-state index contributed by atoms with van der Waals surface area (Å²) in [7, 11) is 1.58. The number of hydrogen-bond acceptors (Lipinski definition) is 5. The topological polar surface area (TPSA) is 58.6 Å². The van der Waals surface area contributed by atoms with Gasteiger partial charge in [-0.1, -0.05) is 48.2 Å². The minimum absolute atomic E-state index is 0.0363. The van der Waals surface area contributed by atoms with E-state index in [1.54, 1.807) is 19.3 Å². The average Bonchev–Trinajstić information content (AvgIpc) is 2.95. The molecule has 2 aromatic carbocycles. The van der Waals surface area contributed by atoms with Crippen LogP contribution in [-0.2, 0) is 4.79 Å². The van der Waals surface area contributed by atoms with E-state index >= 15 is 0 Å². The van der Waals surface area contributed by atoms with Gasteiger partial charge in [-0.2, -0.15) is 0 Å². The molecule has 0 atom stereocenters. The van der Waals surface area contributed by atoms with Crippen molar-refractivity contribution in [3.63, 3.8) is 0 Å². The van der Waals surface area contributed by atoms with Gasteiger partial charge in [-0.15, -0.1) is 0 Å². The fourth-order valence-corrected chi connectivity index (χ4v) is 3.91. The van der Waals surface area contributed by atoms with Gasteiger partial charge in [0.15, 0.2) is 0 Å². The highest BCUT2D eigenvalue weighted by Crippen LogP contribution is 2.32. The molecule has 144 valence electrons. The fraction of sp³-hybridized carbons (Fsp3) is 0.150. The van der Waals surface area contributed by atoms with Gasteiger partial charge in [0.2, 0.25) is 0 Å². The van der Waals surface area contributed by atoms with Gasteiger partial charge < -0.3 is 10.1 Å². The third kappa shape index (κ3) is 4.58. The molecule has 0 bridgehead atoms. The first-order valence-electron chi connectivity index (χ1n) is 8.42. The number of thiocarbonyl (C=S) groups is 1. The Morgan fingerprint density at radius 1 is 1.29 bits per heavy atom. The molecule has 0 spiro atoms. The van der Waals surface area contributed by atoms with E-state index in [-0.39, 0.29) is 24.6 Å². The molecule has 1 N–H and O–H groups in total. The van der Waals surface area contributed by atoms with E-state index in [0.717, 1.165) is 5.56 Å². The number of carbonyl (C=O) groups is 2. The third-order valence-electron chi connectivity index (χ3n) is 4.00. The summed E-state index contributed by atoms with van der Waals surface area (Å²) >= 11 is 6.49. The van der Waals surface area contributed by atoms with Gasteiger partial charge in [0.25, 0.3) is 11.8 Å². The van der Waals surface area contributed by atoms with Crippen LogP contribution in [0.25, 0.3) is 6.08 Å². The predicted molar refractivity (Wildman–Crippen MR) is 112 cm³/mol. The monoisotopic (exact) mass is 416 g/mol. The lowest BCUT2D eigenvalue weighted by atomic mass is 10.2. The van der Waals surface area contributed by atoms with Crippen molar-refractivity contribution in [1.82, 2.24) is 10.2 Å². The van der Waals surface area contributed by atoms with Gasteiger partial charge in [0, 0.05) is 13.1 Å². The van der Waals surface area contributed by atoms with Crippen molar-refractivity contribution in [2.75, 3.05) is 20.2 Å². The highest BCUT2D eigenvalue weighted by Gasteiger charge is 2.31. The van der Waals surface area contributed by atoms with Gasteiger partial charge in [-0.05, 0) is 35.9 Å². The SMILES string of the molecule is COc1cccc(/C=C2/SC(=S)N(CCNC(=O)c3ccccc3F)C2=O)c1. The molecule has 2 amide bonds. The summed E-state index contributed by atoms with van der Waals surface area (Å²) in [6.45, 7) is 0.367. The second kappa shape index (κ2) is 8.99. The molecule has 8 heteroatoms. The standard InChI is InChI=1S/C20H17FN2O3S2/c1-26-14-6-4-5-13(11-14)12-17-19(25)23(20(27)28-17)10-9-22-18(24)15-7-2-3-8-16(15)21/h2-8,11-12H,9-10H2,1H3,(H,22,24)/b17-12+. The normalized spacial score (nSPS) is 15.2. The van der Waals surface area contributed by atoms with E-state index in [0.29, 0.717) is 15.0 Å². The van der Waals surface area contributed by atoms with Crippen molar-refractivity contribution < 1.29 is 18.7 Å². The Labute approximate surface area is 171 Å². The van der Waals surface area contributed by atoms with Crippen molar-refractivity contribution in [3.05, 3.63) is 70.4 Å². The van der Waals surface area contributed by atoms with E-state index in [1.165, 1.54) is 34.9 Å². The molecule has 0 saturated carbocycles. The molecule has 2 aromatic rings. The van der Waals surface area contributed by atoms with E-state index in [2.05, 4.69) is 5.32 Å². The van der Waals surface area contributed by atoms with Gasteiger partial charge in [-0.3, -0.25) is 14.5 Å². The molecule has 1 aliphatic rings. The lowest BCUT2D eigenvalue weighted by molar-refractivity contribution is -0.122. The number of methoxy groups -OCH3 is 1. The summed E-state index contributed by atoms with van der Waals surface area (Å²) in [5.74, 6) is -0.652. The molecule has 0 aliphatic carbocycles. The lowest BCUT2D eigenvalue weighted by Crippen LogP contribution is -2.37. The summed E-state index contributed by atoms with van der Waals surface area (Å²) in [6, 6.07) is 13.1. The minimum atomic E-state index is -0.591. The Morgan fingerprint density at radius 2 is 2.07 bits per heavy atom. The number of carbonyl (C=O) groups excluding carboxylic acids is 2. The zero-order valence-corrected chi connectivity index (χ0v) is 16.6. The zero-order valence-electron chi connectivity index (χ0n) is 15.0. The van der Waals surface area contributed by atoms with Crippen LogP contribution in [0.2, 0.25) is 0 Å². The number of ether oxygens (including phenoxy) is 1. The van der Waals surface area contributed by atoms with Crippen molar-refractivity contribution in [2.24, 2.45) is 0 Å². The van der Waals surface area contributed by atoms with Crippen molar-refractivity contribution in [2.45, 2.75) is 0 Å². The van der Waals surface area contributed by atoms with Crippen LogP contribution in [0.15, 0.2) is 53.4 Å². The molecule has 1 saturated heterocycles. The number of rotatable bonds is 6. The molecule has 0 aromatic heterocycles. The fourth-order valence-electron chi connectivity index (χ4n) is 2.60. The first kappa shape index (κ1) is 20.0. The predicted octanol–water partition coefficient (Wildman–Crippen LogP) is 3.47. The maximum Gasteiger partial charge on any atom is 0.266 e. The number of benzene rings is 2. The molecule has 0 unspecified atom stereocenters. The zero-order chi connectivity index (χ0) is 20.1. The molecule has 28 heavy (non-hydrogen) atoms. The van der Waals surface area contributed by atoms with Crippen LogP contribution in [0.1, 0.15) is 15.9 Å². The lowest BCUT2D eigenvalue weighted by Gasteiger charge is -2.15. The number of nitrogens with one attached hydrogen (secondary N) is 1. The second-order valence-corrected chi connectivity index (χ2v) is 7.52.